The number of imidazole rings is 1. The van der Waals surface area contributed by atoms with Gasteiger partial charge in [0.15, 0.2) is 0 Å². The highest BCUT2D eigenvalue weighted by atomic mass is 35.5. The summed E-state index contributed by atoms with van der Waals surface area (Å²) in [5.41, 5.74) is 1.89. The molecule has 2 aromatic rings. The van der Waals surface area contributed by atoms with Crippen LogP contribution in [0.4, 0.5) is 0 Å². The van der Waals surface area contributed by atoms with Gasteiger partial charge in [-0.1, -0.05) is 30.1 Å². The zero-order valence-corrected chi connectivity index (χ0v) is 13.1. The molecule has 0 spiro atoms. The van der Waals surface area contributed by atoms with E-state index in [-0.39, 0.29) is 5.38 Å². The van der Waals surface area contributed by atoms with Crippen molar-refractivity contribution >= 4 is 45.8 Å². The summed E-state index contributed by atoms with van der Waals surface area (Å²) in [6, 6.07) is 3.71. The van der Waals surface area contributed by atoms with Crippen LogP contribution in [-0.4, -0.2) is 9.55 Å². The Labute approximate surface area is 127 Å². The van der Waals surface area contributed by atoms with Crippen molar-refractivity contribution in [3.8, 4) is 0 Å². The maximum atomic E-state index is 6.25. The van der Waals surface area contributed by atoms with Gasteiger partial charge in [-0.2, -0.15) is 0 Å². The van der Waals surface area contributed by atoms with E-state index in [9.17, 15) is 0 Å². The van der Waals surface area contributed by atoms with Gasteiger partial charge in [0.2, 0.25) is 0 Å². The van der Waals surface area contributed by atoms with Crippen LogP contribution in [0.1, 0.15) is 31.5 Å². The molecule has 1 aromatic heterocycles. The topological polar surface area (TPSA) is 17.8 Å². The van der Waals surface area contributed by atoms with E-state index in [0.29, 0.717) is 10.0 Å². The van der Waals surface area contributed by atoms with E-state index >= 15 is 0 Å². The molecular weight excluding hydrogens is 303 g/mol. The lowest BCUT2D eigenvalue weighted by atomic mass is 10.3. The number of halogens is 3. The molecule has 19 heavy (non-hydrogen) atoms. The summed E-state index contributed by atoms with van der Waals surface area (Å²) in [6.45, 7) is 5.18. The first-order valence-electron chi connectivity index (χ1n) is 6.46. The van der Waals surface area contributed by atoms with Gasteiger partial charge in [0.25, 0.3) is 0 Å². The molecule has 102 valence electrons. The van der Waals surface area contributed by atoms with E-state index in [0.717, 1.165) is 35.2 Å². The SMILES string of the molecule is CC(Cl)c1nc2cc(Cl)c(Cl)cc2n1CC1CC1C. The molecule has 1 fully saturated rings. The van der Waals surface area contributed by atoms with Gasteiger partial charge < -0.3 is 4.57 Å². The highest BCUT2D eigenvalue weighted by Gasteiger charge is 2.34. The Bertz CT molecular complexity index is 633. The third-order valence-electron chi connectivity index (χ3n) is 3.87. The largest absolute Gasteiger partial charge is 0.326 e. The summed E-state index contributed by atoms with van der Waals surface area (Å²) in [7, 11) is 0. The molecule has 0 bridgehead atoms. The number of rotatable bonds is 3. The van der Waals surface area contributed by atoms with Crippen molar-refractivity contribution in [1.29, 1.82) is 0 Å². The van der Waals surface area contributed by atoms with Crippen molar-refractivity contribution in [1.82, 2.24) is 9.55 Å². The maximum absolute atomic E-state index is 6.25. The summed E-state index contributed by atoms with van der Waals surface area (Å²) in [4.78, 5) is 4.61. The average Bonchev–Trinajstić information content (AvgIpc) is 2.91. The van der Waals surface area contributed by atoms with Crippen molar-refractivity contribution in [2.75, 3.05) is 0 Å². The summed E-state index contributed by atoms with van der Waals surface area (Å²) in [5, 5.41) is 0.972. The number of nitrogens with zero attached hydrogens (tertiary/aromatic N) is 2. The Hall–Kier alpha value is -0.440. The van der Waals surface area contributed by atoms with E-state index in [2.05, 4.69) is 16.5 Å². The molecule has 1 heterocycles. The molecule has 0 radical (unpaired) electrons. The Morgan fingerprint density at radius 3 is 2.58 bits per heavy atom. The molecule has 0 N–H and O–H groups in total. The predicted molar refractivity (Wildman–Crippen MR) is 81.3 cm³/mol. The van der Waals surface area contributed by atoms with Crippen LogP contribution in [0.15, 0.2) is 12.1 Å². The van der Waals surface area contributed by atoms with Gasteiger partial charge >= 0.3 is 0 Å². The van der Waals surface area contributed by atoms with Crippen molar-refractivity contribution < 1.29 is 0 Å². The van der Waals surface area contributed by atoms with Crippen molar-refractivity contribution in [2.24, 2.45) is 11.8 Å². The molecule has 1 aliphatic carbocycles. The molecule has 2 nitrogen and oxygen atoms in total. The lowest BCUT2D eigenvalue weighted by molar-refractivity contribution is 0.582. The smallest absolute Gasteiger partial charge is 0.127 e. The molecular formula is C14H15Cl3N2. The summed E-state index contributed by atoms with van der Waals surface area (Å²) < 4.78 is 2.20. The van der Waals surface area contributed by atoms with Gasteiger partial charge in [-0.15, -0.1) is 11.6 Å². The lowest BCUT2D eigenvalue weighted by Gasteiger charge is -2.10. The molecule has 0 aliphatic heterocycles. The molecule has 3 unspecified atom stereocenters. The zero-order valence-electron chi connectivity index (χ0n) is 10.8. The molecule has 1 aliphatic rings. The van der Waals surface area contributed by atoms with Crippen LogP contribution < -0.4 is 0 Å². The van der Waals surface area contributed by atoms with E-state index in [4.69, 9.17) is 34.8 Å². The van der Waals surface area contributed by atoms with E-state index in [1.54, 1.807) is 0 Å². The number of hydrogen-bond donors (Lipinski definition) is 0. The van der Waals surface area contributed by atoms with E-state index in [1.807, 2.05) is 19.1 Å². The average molecular weight is 318 g/mol. The minimum Gasteiger partial charge on any atom is -0.326 e. The highest BCUT2D eigenvalue weighted by Crippen LogP contribution is 2.41. The number of aromatic nitrogens is 2. The van der Waals surface area contributed by atoms with Gasteiger partial charge in [0, 0.05) is 6.54 Å². The van der Waals surface area contributed by atoms with E-state index < -0.39 is 0 Å². The monoisotopic (exact) mass is 316 g/mol. The van der Waals surface area contributed by atoms with Crippen LogP contribution in [0.3, 0.4) is 0 Å². The minimum atomic E-state index is -0.126. The van der Waals surface area contributed by atoms with Crippen LogP contribution in [0.25, 0.3) is 11.0 Å². The standard InChI is InChI=1S/C14H15Cl3N2/c1-7-3-9(7)6-19-13-5-11(17)10(16)4-12(13)18-14(19)8(2)15/h4-5,7-9H,3,6H2,1-2H3. The number of fused-ring (bicyclic) bond motifs is 1. The number of alkyl halides is 1. The summed E-state index contributed by atoms with van der Waals surface area (Å²) in [5.74, 6) is 2.41. The second-order valence-corrected chi connectivity index (χ2v) is 6.89. The van der Waals surface area contributed by atoms with Gasteiger partial charge in [0.1, 0.15) is 5.82 Å². The second-order valence-electron chi connectivity index (χ2n) is 5.42. The Morgan fingerprint density at radius 2 is 2.00 bits per heavy atom. The van der Waals surface area contributed by atoms with Crippen LogP contribution >= 0.6 is 34.8 Å². The fourth-order valence-electron chi connectivity index (χ4n) is 2.52. The van der Waals surface area contributed by atoms with Crippen LogP contribution in [0.2, 0.25) is 10.0 Å². The first-order chi connectivity index (χ1) is 8.97. The van der Waals surface area contributed by atoms with Crippen molar-refractivity contribution in [3.05, 3.63) is 28.0 Å². The Kier molecular flexibility index (Phi) is 3.45. The predicted octanol–water partition coefficient (Wildman–Crippen LogP) is 5.30. The van der Waals surface area contributed by atoms with Crippen LogP contribution in [0.5, 0.6) is 0 Å². The minimum absolute atomic E-state index is 0.126. The number of benzene rings is 1. The van der Waals surface area contributed by atoms with Gasteiger partial charge in [-0.05, 0) is 37.3 Å². The highest BCUT2D eigenvalue weighted by molar-refractivity contribution is 6.42. The molecule has 5 heteroatoms. The Morgan fingerprint density at radius 1 is 1.37 bits per heavy atom. The molecule has 1 aromatic carbocycles. The number of hydrogen-bond acceptors (Lipinski definition) is 1. The second kappa shape index (κ2) is 4.83. The third-order valence-corrected chi connectivity index (χ3v) is 4.79. The van der Waals surface area contributed by atoms with Gasteiger partial charge in [-0.3, -0.25) is 0 Å². The molecule has 3 atom stereocenters. The first kappa shape index (κ1) is 13.5. The van der Waals surface area contributed by atoms with Gasteiger partial charge in [-0.25, -0.2) is 4.98 Å². The van der Waals surface area contributed by atoms with Crippen LogP contribution in [0, 0.1) is 11.8 Å². The quantitative estimate of drug-likeness (QED) is 0.702. The van der Waals surface area contributed by atoms with Crippen molar-refractivity contribution in [3.63, 3.8) is 0 Å². The van der Waals surface area contributed by atoms with Crippen LogP contribution in [-0.2, 0) is 6.54 Å². The Balaban J connectivity index is 2.14. The lowest BCUT2D eigenvalue weighted by Crippen LogP contribution is -2.06. The fraction of sp³-hybridized carbons (Fsp3) is 0.500. The first-order valence-corrected chi connectivity index (χ1v) is 7.66. The molecule has 1 saturated carbocycles. The maximum Gasteiger partial charge on any atom is 0.127 e. The third kappa shape index (κ3) is 2.46. The fourth-order valence-corrected chi connectivity index (χ4v) is 3.00. The summed E-state index contributed by atoms with van der Waals surface area (Å²) in [6.07, 6.45) is 1.27. The molecule has 0 saturated heterocycles. The molecule has 3 rings (SSSR count). The normalized spacial score (nSPS) is 23.8. The van der Waals surface area contributed by atoms with Crippen molar-refractivity contribution in [2.45, 2.75) is 32.2 Å². The van der Waals surface area contributed by atoms with E-state index in [1.165, 1.54) is 6.42 Å². The zero-order chi connectivity index (χ0) is 13.7. The molecule has 0 amide bonds. The summed E-state index contributed by atoms with van der Waals surface area (Å²) >= 11 is 18.4. The van der Waals surface area contributed by atoms with Gasteiger partial charge in [0.05, 0.1) is 26.5 Å².